The molecular weight excluding hydrogens is 168 g/mol. The maximum Gasteiger partial charge on any atom is 0.305 e. The quantitative estimate of drug-likeness (QED) is 0.489. The molecule has 0 saturated heterocycles. The molecule has 2 N–H and O–H groups in total. The minimum absolute atomic E-state index is 0.149. The lowest BCUT2D eigenvalue weighted by molar-refractivity contribution is -0.141. The molecular formula is C9H20N2O2. The summed E-state index contributed by atoms with van der Waals surface area (Å²) in [6.07, 6.45) is 2.29. The van der Waals surface area contributed by atoms with Gasteiger partial charge in [0.1, 0.15) is 0 Å². The zero-order valence-electron chi connectivity index (χ0n) is 8.75. The topological polar surface area (TPSA) is 55.6 Å². The van der Waals surface area contributed by atoms with Crippen molar-refractivity contribution in [2.45, 2.75) is 32.2 Å². The third kappa shape index (κ3) is 4.85. The number of nitrogens with zero attached hydrogens (tertiary/aromatic N) is 1. The number of esters is 1. The van der Waals surface area contributed by atoms with Gasteiger partial charge in [0, 0.05) is 19.1 Å². The molecule has 0 fully saturated rings. The molecule has 0 aliphatic heterocycles. The number of hydrogen-bond donors (Lipinski definition) is 1. The Kier molecular flexibility index (Phi) is 6.54. The first-order valence-electron chi connectivity index (χ1n) is 4.62. The lowest BCUT2D eigenvalue weighted by Crippen LogP contribution is -2.36. The Morgan fingerprint density at radius 3 is 2.62 bits per heavy atom. The van der Waals surface area contributed by atoms with Gasteiger partial charge in [-0.15, -0.1) is 0 Å². The van der Waals surface area contributed by atoms with Gasteiger partial charge in [-0.3, -0.25) is 9.69 Å². The minimum atomic E-state index is -0.149. The standard InChI is InChI=1S/C9H20N2O2/c1-4-8(11(2)7-10)5-6-9(12)13-3/h8H,4-7,10H2,1-3H3. The van der Waals surface area contributed by atoms with E-state index in [4.69, 9.17) is 5.73 Å². The van der Waals surface area contributed by atoms with Crippen LogP contribution in [0.1, 0.15) is 26.2 Å². The molecule has 0 saturated carbocycles. The van der Waals surface area contributed by atoms with Gasteiger partial charge in [-0.25, -0.2) is 0 Å². The summed E-state index contributed by atoms with van der Waals surface area (Å²) in [5, 5.41) is 0. The van der Waals surface area contributed by atoms with Crippen LogP contribution < -0.4 is 5.73 Å². The van der Waals surface area contributed by atoms with Crippen molar-refractivity contribution >= 4 is 5.97 Å². The SMILES string of the molecule is CCC(CCC(=O)OC)N(C)CN. The molecule has 0 aromatic heterocycles. The highest BCUT2D eigenvalue weighted by Crippen LogP contribution is 2.08. The number of carbonyl (C=O) groups is 1. The summed E-state index contributed by atoms with van der Waals surface area (Å²) in [6.45, 7) is 2.62. The minimum Gasteiger partial charge on any atom is -0.469 e. The highest BCUT2D eigenvalue weighted by atomic mass is 16.5. The molecule has 0 amide bonds. The van der Waals surface area contributed by atoms with Gasteiger partial charge < -0.3 is 10.5 Å². The molecule has 4 nitrogen and oxygen atoms in total. The fourth-order valence-electron chi connectivity index (χ4n) is 1.27. The third-order valence-electron chi connectivity index (χ3n) is 2.29. The van der Waals surface area contributed by atoms with Gasteiger partial charge in [-0.2, -0.15) is 0 Å². The molecule has 0 aliphatic carbocycles. The average molecular weight is 188 g/mol. The molecule has 0 rings (SSSR count). The van der Waals surface area contributed by atoms with Crippen LogP contribution in [0.4, 0.5) is 0 Å². The van der Waals surface area contributed by atoms with Crippen molar-refractivity contribution in [1.82, 2.24) is 4.90 Å². The van der Waals surface area contributed by atoms with E-state index < -0.39 is 0 Å². The number of nitrogens with two attached hydrogens (primary N) is 1. The lowest BCUT2D eigenvalue weighted by atomic mass is 10.1. The molecule has 78 valence electrons. The van der Waals surface area contributed by atoms with Gasteiger partial charge in [0.05, 0.1) is 7.11 Å². The predicted molar refractivity (Wildman–Crippen MR) is 52.1 cm³/mol. The van der Waals surface area contributed by atoms with Gasteiger partial charge in [-0.05, 0) is 19.9 Å². The summed E-state index contributed by atoms with van der Waals surface area (Å²) in [5.74, 6) is -0.149. The number of ether oxygens (including phenoxy) is 1. The van der Waals surface area contributed by atoms with E-state index in [0.717, 1.165) is 12.8 Å². The van der Waals surface area contributed by atoms with Gasteiger partial charge in [0.15, 0.2) is 0 Å². The Hall–Kier alpha value is -0.610. The molecule has 0 aromatic rings. The summed E-state index contributed by atoms with van der Waals surface area (Å²) in [6, 6.07) is 0.379. The van der Waals surface area contributed by atoms with E-state index in [0.29, 0.717) is 19.1 Å². The Bertz CT molecular complexity index is 151. The van der Waals surface area contributed by atoms with Gasteiger partial charge in [0.25, 0.3) is 0 Å². The molecule has 0 spiro atoms. The van der Waals surface area contributed by atoms with Crippen LogP contribution in [0.3, 0.4) is 0 Å². The molecule has 0 radical (unpaired) electrons. The van der Waals surface area contributed by atoms with E-state index in [1.807, 2.05) is 11.9 Å². The second kappa shape index (κ2) is 6.86. The first kappa shape index (κ1) is 12.4. The largest absolute Gasteiger partial charge is 0.469 e. The third-order valence-corrected chi connectivity index (χ3v) is 2.29. The maximum atomic E-state index is 10.9. The van der Waals surface area contributed by atoms with Crippen LogP contribution in [0.5, 0.6) is 0 Å². The normalized spacial score (nSPS) is 13.0. The second-order valence-electron chi connectivity index (χ2n) is 3.12. The molecule has 0 heterocycles. The summed E-state index contributed by atoms with van der Waals surface area (Å²) in [7, 11) is 3.38. The molecule has 4 heteroatoms. The molecule has 0 bridgehead atoms. The fraction of sp³-hybridized carbons (Fsp3) is 0.889. The summed E-state index contributed by atoms with van der Waals surface area (Å²) in [4.78, 5) is 12.9. The first-order valence-corrected chi connectivity index (χ1v) is 4.62. The molecule has 1 unspecified atom stereocenters. The second-order valence-corrected chi connectivity index (χ2v) is 3.12. The molecule has 13 heavy (non-hydrogen) atoms. The van der Waals surface area contributed by atoms with E-state index in [9.17, 15) is 4.79 Å². The summed E-state index contributed by atoms with van der Waals surface area (Å²) in [5.41, 5.74) is 5.50. The zero-order valence-corrected chi connectivity index (χ0v) is 8.75. The van der Waals surface area contributed by atoms with E-state index in [1.54, 1.807) is 0 Å². The Labute approximate surface area is 80.0 Å². The highest BCUT2D eigenvalue weighted by Gasteiger charge is 2.12. The molecule has 0 aromatic carbocycles. The van der Waals surface area contributed by atoms with E-state index in [1.165, 1.54) is 7.11 Å². The van der Waals surface area contributed by atoms with Crippen molar-refractivity contribution in [3.8, 4) is 0 Å². The van der Waals surface area contributed by atoms with Crippen LogP contribution in [0.15, 0.2) is 0 Å². The fourth-order valence-corrected chi connectivity index (χ4v) is 1.27. The smallest absolute Gasteiger partial charge is 0.305 e. The molecule has 1 atom stereocenters. The van der Waals surface area contributed by atoms with Crippen LogP contribution in [-0.2, 0) is 9.53 Å². The van der Waals surface area contributed by atoms with Crippen LogP contribution in [-0.4, -0.2) is 37.7 Å². The van der Waals surface area contributed by atoms with Crippen molar-refractivity contribution in [3.05, 3.63) is 0 Å². The van der Waals surface area contributed by atoms with Crippen LogP contribution >= 0.6 is 0 Å². The van der Waals surface area contributed by atoms with Crippen LogP contribution in [0, 0.1) is 0 Å². The van der Waals surface area contributed by atoms with E-state index >= 15 is 0 Å². The van der Waals surface area contributed by atoms with Crippen molar-refractivity contribution in [2.24, 2.45) is 5.73 Å². The number of rotatable bonds is 6. The van der Waals surface area contributed by atoms with E-state index in [-0.39, 0.29) is 5.97 Å². The Balaban J connectivity index is 3.78. The average Bonchev–Trinajstić information content (AvgIpc) is 2.17. The zero-order chi connectivity index (χ0) is 10.3. The maximum absolute atomic E-state index is 10.9. The van der Waals surface area contributed by atoms with Gasteiger partial charge in [0.2, 0.25) is 0 Å². The summed E-state index contributed by atoms with van der Waals surface area (Å²) >= 11 is 0. The van der Waals surface area contributed by atoms with Crippen LogP contribution in [0.25, 0.3) is 0 Å². The van der Waals surface area contributed by atoms with Crippen LogP contribution in [0.2, 0.25) is 0 Å². The van der Waals surface area contributed by atoms with E-state index in [2.05, 4.69) is 11.7 Å². The predicted octanol–water partition coefficient (Wildman–Crippen LogP) is 0.566. The first-order chi connectivity index (χ1) is 6.15. The van der Waals surface area contributed by atoms with Gasteiger partial charge >= 0.3 is 5.97 Å². The summed E-state index contributed by atoms with van der Waals surface area (Å²) < 4.78 is 4.57. The Morgan fingerprint density at radius 2 is 2.23 bits per heavy atom. The number of methoxy groups -OCH3 is 1. The lowest BCUT2D eigenvalue weighted by Gasteiger charge is -2.24. The highest BCUT2D eigenvalue weighted by molar-refractivity contribution is 5.69. The van der Waals surface area contributed by atoms with Crippen molar-refractivity contribution < 1.29 is 9.53 Å². The van der Waals surface area contributed by atoms with Crippen molar-refractivity contribution in [3.63, 3.8) is 0 Å². The monoisotopic (exact) mass is 188 g/mol. The Morgan fingerprint density at radius 1 is 1.62 bits per heavy atom. The number of carbonyl (C=O) groups excluding carboxylic acids is 1. The van der Waals surface area contributed by atoms with Gasteiger partial charge in [-0.1, -0.05) is 6.92 Å². The number of hydrogen-bond acceptors (Lipinski definition) is 4. The van der Waals surface area contributed by atoms with Crippen molar-refractivity contribution in [2.75, 3.05) is 20.8 Å². The molecule has 0 aliphatic rings. The van der Waals surface area contributed by atoms with Crippen molar-refractivity contribution in [1.29, 1.82) is 0 Å².